The zero-order chi connectivity index (χ0) is 22.5. The zero-order valence-electron chi connectivity index (χ0n) is 18.7. The van der Waals surface area contributed by atoms with Crippen LogP contribution in [0.15, 0.2) is 48.8 Å². The molecule has 1 aliphatic rings. The molecule has 0 saturated carbocycles. The van der Waals surface area contributed by atoms with E-state index in [0.717, 1.165) is 34.6 Å². The summed E-state index contributed by atoms with van der Waals surface area (Å²) >= 11 is 1.65. The molecule has 3 aromatic rings. The summed E-state index contributed by atoms with van der Waals surface area (Å²) in [4.78, 5) is 27.8. The molecular weight excluding hydrogens is 422 g/mol. The number of methoxy groups -OCH3 is 1. The van der Waals surface area contributed by atoms with Gasteiger partial charge in [-0.05, 0) is 31.6 Å². The normalized spacial score (nSPS) is 14.8. The number of likely N-dealkylation sites (N-methyl/N-ethyl adjacent to an activating group) is 1. The number of hydrogen-bond acceptors (Lipinski definition) is 7. The first-order chi connectivity index (χ1) is 15.6. The molecule has 1 amide bonds. The molecule has 4 rings (SSSR count). The molecule has 0 bridgehead atoms. The van der Waals surface area contributed by atoms with Gasteiger partial charge >= 0.3 is 0 Å². The Kier molecular flexibility index (Phi) is 7.14. The van der Waals surface area contributed by atoms with E-state index >= 15 is 0 Å². The third kappa shape index (κ3) is 4.98. The van der Waals surface area contributed by atoms with Gasteiger partial charge < -0.3 is 19.9 Å². The van der Waals surface area contributed by atoms with Crippen molar-refractivity contribution in [3.8, 4) is 0 Å². The Bertz CT molecular complexity index is 1100. The molecule has 0 spiro atoms. The second-order valence-corrected chi connectivity index (χ2v) is 9.23. The van der Waals surface area contributed by atoms with Gasteiger partial charge in [0.1, 0.15) is 17.0 Å². The van der Waals surface area contributed by atoms with E-state index in [-0.39, 0.29) is 11.9 Å². The number of aromatic nitrogens is 2. The Hall–Kier alpha value is -2.81. The van der Waals surface area contributed by atoms with Gasteiger partial charge in [-0.1, -0.05) is 36.4 Å². The van der Waals surface area contributed by atoms with Crippen LogP contribution in [0.3, 0.4) is 0 Å². The van der Waals surface area contributed by atoms with E-state index in [0.29, 0.717) is 19.7 Å². The molecule has 0 unspecified atom stereocenters. The number of carbonyl (C=O) groups is 1. The molecule has 1 aromatic carbocycles. The lowest BCUT2D eigenvalue weighted by molar-refractivity contribution is -0.126. The first kappa shape index (κ1) is 22.4. The number of ether oxygens (including phenoxy) is 1. The fraction of sp³-hybridized carbons (Fsp3) is 0.375. The van der Waals surface area contributed by atoms with Crippen molar-refractivity contribution < 1.29 is 9.53 Å². The minimum Gasteiger partial charge on any atom is -0.382 e. The number of nitrogens with one attached hydrogen (secondary N) is 1. The summed E-state index contributed by atoms with van der Waals surface area (Å²) in [6, 6.07) is 10.2. The predicted octanol–water partition coefficient (Wildman–Crippen LogP) is 3.49. The largest absolute Gasteiger partial charge is 0.382 e. The third-order valence-electron chi connectivity index (χ3n) is 5.53. The third-order valence-corrected chi connectivity index (χ3v) is 6.65. The van der Waals surface area contributed by atoms with E-state index < -0.39 is 0 Å². The zero-order valence-corrected chi connectivity index (χ0v) is 19.6. The average molecular weight is 452 g/mol. The molecule has 0 aliphatic carbocycles. The molecule has 0 saturated heterocycles. The number of hydrogen-bond donors (Lipinski definition) is 1. The summed E-state index contributed by atoms with van der Waals surface area (Å²) in [7, 11) is 5.68. The van der Waals surface area contributed by atoms with Gasteiger partial charge in [-0.25, -0.2) is 9.97 Å². The summed E-state index contributed by atoms with van der Waals surface area (Å²) in [6.07, 6.45) is 6.00. The maximum absolute atomic E-state index is 12.6. The van der Waals surface area contributed by atoms with Crippen LogP contribution in [-0.2, 0) is 22.5 Å². The van der Waals surface area contributed by atoms with Gasteiger partial charge in [-0.3, -0.25) is 4.79 Å². The molecule has 3 heterocycles. The molecule has 1 N–H and O–H groups in total. The number of amides is 1. The predicted molar refractivity (Wildman–Crippen MR) is 129 cm³/mol. The Labute approximate surface area is 192 Å². The second kappa shape index (κ2) is 10.2. The molecule has 32 heavy (non-hydrogen) atoms. The molecule has 168 valence electrons. The van der Waals surface area contributed by atoms with Crippen LogP contribution in [0.5, 0.6) is 0 Å². The number of rotatable bonds is 8. The highest BCUT2D eigenvalue weighted by molar-refractivity contribution is 7.19. The Morgan fingerprint density at radius 3 is 2.88 bits per heavy atom. The summed E-state index contributed by atoms with van der Waals surface area (Å²) in [6.45, 7) is 2.59. The van der Waals surface area contributed by atoms with Crippen molar-refractivity contribution in [2.75, 3.05) is 46.2 Å². The fourth-order valence-electron chi connectivity index (χ4n) is 3.93. The van der Waals surface area contributed by atoms with Crippen LogP contribution < -0.4 is 5.32 Å². The van der Waals surface area contributed by atoms with Crippen LogP contribution in [0.1, 0.15) is 22.0 Å². The maximum atomic E-state index is 12.6. The lowest BCUT2D eigenvalue weighted by Crippen LogP contribution is -2.34. The number of carbonyl (C=O) groups excluding carboxylic acids is 1. The van der Waals surface area contributed by atoms with Crippen LogP contribution >= 0.6 is 11.3 Å². The maximum Gasteiger partial charge on any atom is 0.246 e. The first-order valence-electron chi connectivity index (χ1n) is 10.7. The molecule has 1 aliphatic heterocycles. The van der Waals surface area contributed by atoms with E-state index in [2.05, 4.69) is 27.4 Å². The lowest BCUT2D eigenvalue weighted by Gasteiger charge is -2.26. The van der Waals surface area contributed by atoms with Crippen LogP contribution in [0.4, 0.5) is 5.82 Å². The van der Waals surface area contributed by atoms with Crippen LogP contribution in [0.2, 0.25) is 0 Å². The van der Waals surface area contributed by atoms with Gasteiger partial charge in [0.2, 0.25) is 5.91 Å². The minimum atomic E-state index is -0.0154. The number of thiophene rings is 1. The van der Waals surface area contributed by atoms with Gasteiger partial charge in [-0.2, -0.15) is 0 Å². The van der Waals surface area contributed by atoms with Gasteiger partial charge in [-0.15, -0.1) is 11.3 Å². The van der Waals surface area contributed by atoms with Gasteiger partial charge in [0.05, 0.1) is 24.6 Å². The highest BCUT2D eigenvalue weighted by atomic mass is 32.1. The number of anilines is 1. The SMILES string of the molecule is COC[C@@H](Nc1ncnc2sc3c(c12)CCN(C(=O)C=CCN(C)C)C3)c1ccccc1. The Morgan fingerprint density at radius 1 is 1.31 bits per heavy atom. The molecule has 2 aromatic heterocycles. The molecule has 0 fully saturated rings. The Morgan fingerprint density at radius 2 is 2.12 bits per heavy atom. The molecule has 0 radical (unpaired) electrons. The highest BCUT2D eigenvalue weighted by Gasteiger charge is 2.26. The average Bonchev–Trinajstić information content (AvgIpc) is 3.17. The van der Waals surface area contributed by atoms with Crippen molar-refractivity contribution in [2.45, 2.75) is 19.0 Å². The topological polar surface area (TPSA) is 70.6 Å². The van der Waals surface area contributed by atoms with Gasteiger partial charge in [0, 0.05) is 31.2 Å². The van der Waals surface area contributed by atoms with E-state index in [9.17, 15) is 4.79 Å². The van der Waals surface area contributed by atoms with E-state index in [4.69, 9.17) is 4.74 Å². The molecule has 1 atom stereocenters. The Balaban J connectivity index is 1.58. The monoisotopic (exact) mass is 451 g/mol. The van der Waals surface area contributed by atoms with Crippen molar-refractivity contribution >= 4 is 33.3 Å². The summed E-state index contributed by atoms with van der Waals surface area (Å²) in [5.41, 5.74) is 2.39. The molecule has 7 nitrogen and oxygen atoms in total. The standard InChI is InChI=1S/C24H29N5O2S/c1-28(2)12-7-10-21(30)29-13-11-18-20(14-29)32-24-22(18)23(25-16-26-24)27-19(15-31-3)17-8-5-4-6-9-17/h4-10,16,19H,11-15H2,1-3H3,(H,25,26,27)/t19-/m1/s1. The first-order valence-corrected chi connectivity index (χ1v) is 11.5. The minimum absolute atomic E-state index is 0.0154. The van der Waals surface area contributed by atoms with Crippen LogP contribution in [-0.4, -0.2) is 66.6 Å². The molecule has 8 heteroatoms. The van der Waals surface area contributed by atoms with Crippen LogP contribution in [0.25, 0.3) is 10.2 Å². The van der Waals surface area contributed by atoms with E-state index in [1.165, 1.54) is 10.4 Å². The number of nitrogens with zero attached hydrogens (tertiary/aromatic N) is 4. The quantitative estimate of drug-likeness (QED) is 0.529. The summed E-state index contributed by atoms with van der Waals surface area (Å²) < 4.78 is 5.47. The smallest absolute Gasteiger partial charge is 0.246 e. The van der Waals surface area contributed by atoms with Crippen molar-refractivity contribution in [1.82, 2.24) is 19.8 Å². The lowest BCUT2D eigenvalue weighted by atomic mass is 10.0. The van der Waals surface area contributed by atoms with Crippen molar-refractivity contribution in [1.29, 1.82) is 0 Å². The van der Waals surface area contributed by atoms with E-state index in [1.54, 1.807) is 30.8 Å². The molecular formula is C24H29N5O2S. The summed E-state index contributed by atoms with van der Waals surface area (Å²) in [5, 5.41) is 4.65. The van der Waals surface area contributed by atoms with Gasteiger partial charge in [0.15, 0.2) is 0 Å². The van der Waals surface area contributed by atoms with Crippen LogP contribution in [0, 0.1) is 0 Å². The number of benzene rings is 1. The number of fused-ring (bicyclic) bond motifs is 3. The van der Waals surface area contributed by atoms with Crippen molar-refractivity contribution in [3.63, 3.8) is 0 Å². The van der Waals surface area contributed by atoms with Crippen molar-refractivity contribution in [3.05, 3.63) is 64.8 Å². The van der Waals surface area contributed by atoms with Gasteiger partial charge in [0.25, 0.3) is 0 Å². The summed E-state index contributed by atoms with van der Waals surface area (Å²) in [5.74, 6) is 0.882. The van der Waals surface area contributed by atoms with E-state index in [1.807, 2.05) is 48.2 Å². The fourth-order valence-corrected chi connectivity index (χ4v) is 5.14. The highest BCUT2D eigenvalue weighted by Crippen LogP contribution is 2.38. The second-order valence-electron chi connectivity index (χ2n) is 8.14. The van der Waals surface area contributed by atoms with Crippen molar-refractivity contribution in [2.24, 2.45) is 0 Å².